The van der Waals surface area contributed by atoms with Crippen molar-refractivity contribution in [3.8, 4) is 0 Å². The van der Waals surface area contributed by atoms with Crippen LogP contribution >= 0.6 is 0 Å². The Morgan fingerprint density at radius 1 is 1.29 bits per heavy atom. The van der Waals surface area contributed by atoms with Gasteiger partial charge in [-0.05, 0) is 18.4 Å². The Hall–Kier alpha value is -0.900. The third kappa shape index (κ3) is 4.37. The fourth-order valence-electron chi connectivity index (χ4n) is 1.39. The van der Waals surface area contributed by atoms with E-state index >= 15 is 0 Å². The van der Waals surface area contributed by atoms with Crippen molar-refractivity contribution in [2.45, 2.75) is 18.9 Å². The van der Waals surface area contributed by atoms with E-state index in [1.807, 2.05) is 25.2 Å². The molecule has 78 valence electrons. The highest BCUT2D eigenvalue weighted by atomic mass is 15.4. The van der Waals surface area contributed by atoms with Crippen LogP contribution < -0.4 is 11.6 Å². The summed E-state index contributed by atoms with van der Waals surface area (Å²) >= 11 is 0. The predicted molar refractivity (Wildman–Crippen MR) is 59.6 cm³/mol. The minimum absolute atomic E-state index is 0.198. The maximum absolute atomic E-state index is 5.97. The Morgan fingerprint density at radius 3 is 2.50 bits per heavy atom. The molecule has 0 saturated carbocycles. The molecule has 0 amide bonds. The second-order valence-corrected chi connectivity index (χ2v) is 3.72. The lowest BCUT2D eigenvalue weighted by Gasteiger charge is -2.14. The molecule has 3 heteroatoms. The number of nitrogens with zero attached hydrogens (tertiary/aromatic N) is 1. The summed E-state index contributed by atoms with van der Waals surface area (Å²) in [6.45, 7) is 0.841. The number of hydrazine groups is 1. The first-order chi connectivity index (χ1) is 6.68. The normalized spacial score (nSPS) is 13.1. The molecule has 0 aliphatic rings. The first-order valence-corrected chi connectivity index (χ1v) is 4.94. The van der Waals surface area contributed by atoms with E-state index in [-0.39, 0.29) is 6.04 Å². The average Bonchev–Trinajstić information content (AvgIpc) is 2.16. The van der Waals surface area contributed by atoms with E-state index in [1.165, 1.54) is 5.56 Å². The van der Waals surface area contributed by atoms with Gasteiger partial charge in [0.15, 0.2) is 0 Å². The zero-order valence-corrected chi connectivity index (χ0v) is 8.69. The molecule has 1 aromatic carbocycles. The van der Waals surface area contributed by atoms with Gasteiger partial charge in [-0.15, -0.1) is 0 Å². The molecular weight excluding hydrogens is 174 g/mol. The minimum Gasteiger partial charge on any atom is -0.327 e. The molecule has 0 aromatic heterocycles. The Labute approximate surface area is 85.7 Å². The van der Waals surface area contributed by atoms with Crippen molar-refractivity contribution in [2.24, 2.45) is 11.6 Å². The second kappa shape index (κ2) is 5.75. The van der Waals surface area contributed by atoms with Gasteiger partial charge in [0.2, 0.25) is 0 Å². The lowest BCUT2D eigenvalue weighted by molar-refractivity contribution is 0.329. The molecular formula is C11H19N3. The molecule has 1 rings (SSSR count). The van der Waals surface area contributed by atoms with Crippen molar-refractivity contribution >= 4 is 0 Å². The van der Waals surface area contributed by atoms with Gasteiger partial charge in [0.05, 0.1) is 0 Å². The highest BCUT2D eigenvalue weighted by molar-refractivity contribution is 5.15. The van der Waals surface area contributed by atoms with Crippen LogP contribution in [0.3, 0.4) is 0 Å². The molecule has 1 atom stereocenters. The Morgan fingerprint density at radius 2 is 1.93 bits per heavy atom. The van der Waals surface area contributed by atoms with Crippen LogP contribution in [-0.4, -0.2) is 24.6 Å². The van der Waals surface area contributed by atoms with Crippen LogP contribution in [0.15, 0.2) is 30.3 Å². The standard InChI is InChI=1S/C11H19N3/c1-14(13)8-7-11(12)9-10-5-3-2-4-6-10/h2-6,11H,7-9,12-13H2,1H3. The quantitative estimate of drug-likeness (QED) is 0.536. The van der Waals surface area contributed by atoms with Gasteiger partial charge in [0, 0.05) is 19.6 Å². The summed E-state index contributed by atoms with van der Waals surface area (Å²) in [4.78, 5) is 0. The van der Waals surface area contributed by atoms with Crippen molar-refractivity contribution in [3.63, 3.8) is 0 Å². The lowest BCUT2D eigenvalue weighted by atomic mass is 10.0. The highest BCUT2D eigenvalue weighted by Crippen LogP contribution is 2.03. The van der Waals surface area contributed by atoms with Crippen LogP contribution in [0.5, 0.6) is 0 Å². The minimum atomic E-state index is 0.198. The van der Waals surface area contributed by atoms with Crippen molar-refractivity contribution in [2.75, 3.05) is 13.6 Å². The van der Waals surface area contributed by atoms with Crippen LogP contribution in [0, 0.1) is 0 Å². The number of rotatable bonds is 5. The molecule has 0 aliphatic heterocycles. The third-order valence-corrected chi connectivity index (χ3v) is 2.19. The largest absolute Gasteiger partial charge is 0.327 e. The molecule has 0 bridgehead atoms. The van der Waals surface area contributed by atoms with Crippen molar-refractivity contribution in [1.82, 2.24) is 5.01 Å². The van der Waals surface area contributed by atoms with Gasteiger partial charge in [-0.2, -0.15) is 0 Å². The van der Waals surface area contributed by atoms with Crippen LogP contribution in [0.2, 0.25) is 0 Å². The molecule has 0 fully saturated rings. The Bertz CT molecular complexity index is 246. The Kier molecular flexibility index (Phi) is 4.59. The molecule has 0 heterocycles. The molecule has 3 nitrogen and oxygen atoms in total. The van der Waals surface area contributed by atoms with Gasteiger partial charge in [-0.3, -0.25) is 10.9 Å². The first-order valence-electron chi connectivity index (χ1n) is 4.94. The second-order valence-electron chi connectivity index (χ2n) is 3.72. The van der Waals surface area contributed by atoms with Crippen LogP contribution in [0.4, 0.5) is 0 Å². The molecule has 4 N–H and O–H groups in total. The molecule has 0 radical (unpaired) electrons. The zero-order chi connectivity index (χ0) is 10.4. The topological polar surface area (TPSA) is 55.3 Å². The fraction of sp³-hybridized carbons (Fsp3) is 0.455. The van der Waals surface area contributed by atoms with E-state index in [4.69, 9.17) is 11.6 Å². The summed E-state index contributed by atoms with van der Waals surface area (Å²) in [5, 5.41) is 1.67. The summed E-state index contributed by atoms with van der Waals surface area (Å²) in [6.07, 6.45) is 1.86. The third-order valence-electron chi connectivity index (χ3n) is 2.19. The summed E-state index contributed by atoms with van der Waals surface area (Å²) in [7, 11) is 1.86. The van der Waals surface area contributed by atoms with E-state index < -0.39 is 0 Å². The monoisotopic (exact) mass is 193 g/mol. The van der Waals surface area contributed by atoms with Gasteiger partial charge in [-0.1, -0.05) is 30.3 Å². The Balaban J connectivity index is 2.30. The smallest absolute Gasteiger partial charge is 0.0140 e. The van der Waals surface area contributed by atoms with Crippen molar-refractivity contribution < 1.29 is 0 Å². The highest BCUT2D eigenvalue weighted by Gasteiger charge is 2.04. The van der Waals surface area contributed by atoms with Gasteiger partial charge in [0.25, 0.3) is 0 Å². The average molecular weight is 193 g/mol. The van der Waals surface area contributed by atoms with Crippen molar-refractivity contribution in [1.29, 1.82) is 0 Å². The number of hydrogen-bond acceptors (Lipinski definition) is 3. The summed E-state index contributed by atoms with van der Waals surface area (Å²) in [6, 6.07) is 10.5. The van der Waals surface area contributed by atoms with Crippen LogP contribution in [0.25, 0.3) is 0 Å². The predicted octanol–water partition coefficient (Wildman–Crippen LogP) is 0.752. The van der Waals surface area contributed by atoms with E-state index in [0.717, 1.165) is 19.4 Å². The molecule has 0 saturated heterocycles. The number of hydrogen-bond donors (Lipinski definition) is 2. The molecule has 0 aliphatic carbocycles. The van der Waals surface area contributed by atoms with Crippen LogP contribution in [0.1, 0.15) is 12.0 Å². The van der Waals surface area contributed by atoms with Crippen LogP contribution in [-0.2, 0) is 6.42 Å². The fourth-order valence-corrected chi connectivity index (χ4v) is 1.39. The van der Waals surface area contributed by atoms with E-state index in [1.54, 1.807) is 5.01 Å². The maximum Gasteiger partial charge on any atom is 0.0140 e. The van der Waals surface area contributed by atoms with Gasteiger partial charge in [0.1, 0.15) is 0 Å². The number of benzene rings is 1. The van der Waals surface area contributed by atoms with Gasteiger partial charge >= 0.3 is 0 Å². The van der Waals surface area contributed by atoms with E-state index in [2.05, 4.69) is 12.1 Å². The van der Waals surface area contributed by atoms with E-state index in [9.17, 15) is 0 Å². The summed E-state index contributed by atoms with van der Waals surface area (Å²) in [5.41, 5.74) is 7.26. The molecule has 14 heavy (non-hydrogen) atoms. The summed E-state index contributed by atoms with van der Waals surface area (Å²) in [5.74, 6) is 5.51. The molecule has 1 aromatic rings. The van der Waals surface area contributed by atoms with Crippen molar-refractivity contribution in [3.05, 3.63) is 35.9 Å². The lowest BCUT2D eigenvalue weighted by Crippen LogP contribution is -2.33. The van der Waals surface area contributed by atoms with Gasteiger partial charge in [-0.25, -0.2) is 0 Å². The molecule has 1 unspecified atom stereocenters. The first kappa shape index (κ1) is 11.2. The van der Waals surface area contributed by atoms with E-state index in [0.29, 0.717) is 0 Å². The molecule has 0 spiro atoms. The SMILES string of the molecule is CN(N)CCC(N)Cc1ccccc1. The number of nitrogens with two attached hydrogens (primary N) is 2. The zero-order valence-electron chi connectivity index (χ0n) is 8.69. The van der Waals surface area contributed by atoms with Gasteiger partial charge < -0.3 is 5.73 Å². The summed E-state index contributed by atoms with van der Waals surface area (Å²) < 4.78 is 0. The maximum atomic E-state index is 5.97.